The van der Waals surface area contributed by atoms with Crippen molar-refractivity contribution in [2.45, 2.75) is 105 Å². The van der Waals surface area contributed by atoms with Gasteiger partial charge in [0.05, 0.1) is 27.4 Å². The number of hydrogen-bond donors (Lipinski definition) is 4. The molecule has 2 bridgehead atoms. The van der Waals surface area contributed by atoms with Crippen LogP contribution in [0.1, 0.15) is 81.2 Å². The summed E-state index contributed by atoms with van der Waals surface area (Å²) in [5.41, 5.74) is -0.0751. The standard InChI is InChI=1S/C48H64N4O8S/c1-7-29-22-30-26-47(43(55)59-5,39-32(14-18-51(27-29)28-30)33-23-31(12-13-36(33)49-39)61-21-10-9-20-53)35-24-34-37(25-38(35)58-4)50(3)41-46(34)16-19-52-17-11-15-45(8-2,40(46)52)42(54)48(41,57)44(56)60-6/h11-13,15,23-25,29-30,40-42,49,53-54,57H,7-10,14,16-22,26-28H2,1-6H3/t29?,30?,40?,41?,42-,45-,46-,47+,48+/m1/s1. The van der Waals surface area contributed by atoms with Gasteiger partial charge >= 0.3 is 11.9 Å². The SMILES string of the molecule is CCC1CC2CN(CCc3c([nH]c4ccc(SCCCCO)cc34)[C@@](C(=O)OC)(c3cc4c(cc3OC)N(C)C3[C@]45CCN4CC=C[C@](CC)(C45)[C@@H](O)[C@]3(O)C(=O)OC)C2)C1. The maximum absolute atomic E-state index is 15.5. The van der Waals surface area contributed by atoms with E-state index in [-0.39, 0.29) is 24.5 Å². The largest absolute Gasteiger partial charge is 0.496 e. The Balaban J connectivity index is 1.32. The molecule has 61 heavy (non-hydrogen) atoms. The smallest absolute Gasteiger partial charge is 0.342 e. The van der Waals surface area contributed by atoms with Gasteiger partial charge in [0.15, 0.2) is 0 Å². The minimum atomic E-state index is -2.28. The fraction of sp³-hybridized carbons (Fsp3) is 0.625. The summed E-state index contributed by atoms with van der Waals surface area (Å²) < 4.78 is 17.9. The average molecular weight is 857 g/mol. The van der Waals surface area contributed by atoms with Crippen LogP contribution < -0.4 is 9.64 Å². The molecule has 0 radical (unpaired) electrons. The van der Waals surface area contributed by atoms with Gasteiger partial charge in [-0.2, -0.15) is 0 Å². The summed E-state index contributed by atoms with van der Waals surface area (Å²) in [6, 6.07) is 9.58. The highest BCUT2D eigenvalue weighted by molar-refractivity contribution is 7.99. The quantitative estimate of drug-likeness (QED) is 0.0874. The number of carbonyl (C=O) groups excluding carboxylic acids is 2. The molecular formula is C48H64N4O8S. The third-order valence-electron chi connectivity index (χ3n) is 16.2. The molecule has 2 aromatic carbocycles. The number of thioether (sulfide) groups is 1. The van der Waals surface area contributed by atoms with Crippen LogP contribution in [0.2, 0.25) is 0 Å². The first-order valence-corrected chi connectivity index (χ1v) is 23.5. The van der Waals surface area contributed by atoms with E-state index in [1.165, 1.54) is 14.2 Å². The summed E-state index contributed by atoms with van der Waals surface area (Å²) in [4.78, 5) is 41.6. The number of methoxy groups -OCH3 is 3. The summed E-state index contributed by atoms with van der Waals surface area (Å²) in [6.45, 7) is 8.64. The molecule has 6 aliphatic rings. The third kappa shape index (κ3) is 5.96. The molecule has 3 aromatic rings. The number of aromatic amines is 1. The second-order valence-electron chi connectivity index (χ2n) is 18.8. The summed E-state index contributed by atoms with van der Waals surface area (Å²) in [6.07, 6.45) is 8.75. The maximum Gasteiger partial charge on any atom is 0.342 e. The number of benzene rings is 2. The van der Waals surface area contributed by atoms with Gasteiger partial charge in [-0.05, 0) is 104 Å². The third-order valence-corrected chi connectivity index (χ3v) is 17.2. The average Bonchev–Trinajstić information content (AvgIpc) is 3.94. The van der Waals surface area contributed by atoms with Crippen LogP contribution in [0, 0.1) is 17.3 Å². The monoisotopic (exact) mass is 856 g/mol. The van der Waals surface area contributed by atoms with Gasteiger partial charge in [0.1, 0.15) is 17.3 Å². The Morgan fingerprint density at radius 3 is 2.52 bits per heavy atom. The highest BCUT2D eigenvalue weighted by Gasteiger charge is 2.79. The van der Waals surface area contributed by atoms with Crippen molar-refractivity contribution >= 4 is 40.3 Å². The van der Waals surface area contributed by atoms with E-state index in [4.69, 9.17) is 14.2 Å². The lowest BCUT2D eigenvalue weighted by Crippen LogP contribution is -2.80. The number of anilines is 1. The second-order valence-corrected chi connectivity index (χ2v) is 20.0. The number of aromatic nitrogens is 1. The van der Waals surface area contributed by atoms with E-state index in [0.717, 1.165) is 95.8 Å². The molecule has 5 unspecified atom stereocenters. The molecule has 1 spiro atoms. The van der Waals surface area contributed by atoms with Gasteiger partial charge < -0.3 is 44.3 Å². The first-order valence-electron chi connectivity index (χ1n) is 22.5. The number of esters is 2. The molecule has 12 nitrogen and oxygen atoms in total. The zero-order valence-corrected chi connectivity index (χ0v) is 37.5. The number of fused-ring (bicyclic) bond motifs is 6. The second kappa shape index (κ2) is 15.9. The molecule has 4 N–H and O–H groups in total. The number of unbranched alkanes of at least 4 members (excludes halogenated alkanes) is 1. The Labute approximate surface area is 364 Å². The first kappa shape index (κ1) is 42.7. The summed E-state index contributed by atoms with van der Waals surface area (Å²) in [5, 5.41) is 36.0. The van der Waals surface area contributed by atoms with Crippen molar-refractivity contribution in [1.29, 1.82) is 0 Å². The Morgan fingerprint density at radius 2 is 1.80 bits per heavy atom. The molecule has 330 valence electrons. The Morgan fingerprint density at radius 1 is 1.00 bits per heavy atom. The van der Waals surface area contributed by atoms with Gasteiger partial charge in [-0.1, -0.05) is 32.4 Å². The number of nitrogens with zero attached hydrogens (tertiary/aromatic N) is 3. The topological polar surface area (TPSA) is 148 Å². The number of nitrogens with one attached hydrogen (secondary N) is 1. The zero-order chi connectivity index (χ0) is 43.1. The van der Waals surface area contributed by atoms with Crippen LogP contribution in [-0.2, 0) is 36.3 Å². The Kier molecular flexibility index (Phi) is 11.1. The van der Waals surface area contributed by atoms with Crippen molar-refractivity contribution in [3.8, 4) is 5.75 Å². The Bertz CT molecular complexity index is 2230. The minimum absolute atomic E-state index is 0.173. The zero-order valence-electron chi connectivity index (χ0n) is 36.7. The fourth-order valence-corrected chi connectivity index (χ4v) is 14.6. The molecule has 6 heterocycles. The number of H-pyrrole nitrogens is 1. The molecular weight excluding hydrogens is 793 g/mol. The minimum Gasteiger partial charge on any atom is -0.496 e. The van der Waals surface area contributed by atoms with Crippen LogP contribution in [0.3, 0.4) is 0 Å². The maximum atomic E-state index is 15.5. The molecule has 1 aromatic heterocycles. The van der Waals surface area contributed by atoms with Crippen LogP contribution in [0.5, 0.6) is 5.75 Å². The predicted octanol–water partition coefficient (Wildman–Crippen LogP) is 5.17. The van der Waals surface area contributed by atoms with E-state index >= 15 is 4.79 Å². The number of ether oxygens (including phenoxy) is 3. The Hall–Kier alpha value is -3.59. The van der Waals surface area contributed by atoms with Gasteiger partial charge in [-0.25, -0.2) is 4.79 Å². The number of piperidine rings is 1. The summed E-state index contributed by atoms with van der Waals surface area (Å²) in [7, 11) is 6.30. The van der Waals surface area contributed by atoms with E-state index in [9.17, 15) is 20.1 Å². The van der Waals surface area contributed by atoms with Crippen LogP contribution in [0.25, 0.3) is 10.9 Å². The number of aliphatic hydroxyl groups is 3. The lowest BCUT2D eigenvalue weighted by atomic mass is 9.47. The number of carbonyl (C=O) groups is 2. The van der Waals surface area contributed by atoms with E-state index in [1.807, 2.05) is 31.0 Å². The molecule has 5 aliphatic heterocycles. The number of aliphatic hydroxyl groups excluding tert-OH is 2. The van der Waals surface area contributed by atoms with Crippen LogP contribution >= 0.6 is 11.8 Å². The highest BCUT2D eigenvalue weighted by atomic mass is 32.2. The van der Waals surface area contributed by atoms with Gasteiger partial charge in [-0.3, -0.25) is 9.69 Å². The molecule has 1 saturated carbocycles. The van der Waals surface area contributed by atoms with Crippen molar-refractivity contribution in [3.63, 3.8) is 0 Å². The summed E-state index contributed by atoms with van der Waals surface area (Å²) >= 11 is 1.79. The lowest BCUT2D eigenvalue weighted by Gasteiger charge is -2.63. The van der Waals surface area contributed by atoms with Crippen molar-refractivity contribution in [2.75, 3.05) is 78.4 Å². The highest BCUT2D eigenvalue weighted by Crippen LogP contribution is 2.67. The van der Waals surface area contributed by atoms with E-state index in [1.54, 1.807) is 18.9 Å². The molecule has 1 aliphatic carbocycles. The van der Waals surface area contributed by atoms with E-state index in [0.29, 0.717) is 49.6 Å². The van der Waals surface area contributed by atoms with Crippen LogP contribution in [-0.4, -0.2) is 139 Å². The molecule has 10 atom stereocenters. The normalized spacial score (nSPS) is 35.1. The molecule has 13 heteroatoms. The van der Waals surface area contributed by atoms with Crippen molar-refractivity contribution in [3.05, 3.63) is 64.9 Å². The lowest BCUT2D eigenvalue weighted by molar-refractivity contribution is -0.218. The predicted molar refractivity (Wildman–Crippen MR) is 236 cm³/mol. The van der Waals surface area contributed by atoms with Gasteiger partial charge in [0, 0.05) is 95.5 Å². The summed E-state index contributed by atoms with van der Waals surface area (Å²) in [5.74, 6) is 0.881. The fourth-order valence-electron chi connectivity index (χ4n) is 13.7. The van der Waals surface area contributed by atoms with Crippen molar-refractivity contribution in [1.82, 2.24) is 14.8 Å². The molecule has 9 rings (SSSR count). The first-order chi connectivity index (χ1) is 29.4. The number of hydrogen-bond acceptors (Lipinski definition) is 12. The van der Waals surface area contributed by atoms with Gasteiger partial charge in [0.2, 0.25) is 5.60 Å². The van der Waals surface area contributed by atoms with E-state index in [2.05, 4.69) is 52.0 Å². The number of rotatable bonds is 11. The van der Waals surface area contributed by atoms with Gasteiger partial charge in [0.25, 0.3) is 0 Å². The van der Waals surface area contributed by atoms with Gasteiger partial charge in [-0.15, -0.1) is 11.8 Å². The van der Waals surface area contributed by atoms with Crippen molar-refractivity contribution < 1.29 is 39.1 Å². The molecule has 3 fully saturated rings. The van der Waals surface area contributed by atoms with E-state index < -0.39 is 40.0 Å². The molecule has 2 saturated heterocycles. The van der Waals surface area contributed by atoms with Crippen LogP contribution in [0.4, 0.5) is 5.69 Å². The van der Waals surface area contributed by atoms with Crippen LogP contribution in [0.15, 0.2) is 47.4 Å². The molecule has 0 amide bonds. The number of likely N-dealkylation sites (N-methyl/N-ethyl adjacent to an activating group) is 1. The van der Waals surface area contributed by atoms with Crippen molar-refractivity contribution in [2.24, 2.45) is 17.3 Å².